The number of carboxylic acid groups (broad SMARTS) is 1. The monoisotopic (exact) mass is 459 g/mol. The number of aromatic nitrogens is 2. The molecule has 2 aromatic rings. The van der Waals surface area contributed by atoms with Crippen LogP contribution in [0.4, 0.5) is 5.82 Å². The zero-order chi connectivity index (χ0) is 22.1. The van der Waals surface area contributed by atoms with Gasteiger partial charge in [-0.25, -0.2) is 4.98 Å². The van der Waals surface area contributed by atoms with Crippen molar-refractivity contribution in [2.75, 3.05) is 44.7 Å². The highest BCUT2D eigenvalue weighted by atomic mass is 32.2. The maximum absolute atomic E-state index is 13.3. The molecule has 0 aromatic carbocycles. The number of pyridine rings is 1. The van der Waals surface area contributed by atoms with E-state index < -0.39 is 11.9 Å². The molecule has 2 aliphatic heterocycles. The number of carbonyl (C=O) groups excluding carboxylic acids is 1. The Morgan fingerprint density at radius 2 is 2.00 bits per heavy atom. The molecule has 31 heavy (non-hydrogen) atoms. The van der Waals surface area contributed by atoms with E-state index in [0.29, 0.717) is 35.0 Å². The number of anilines is 1. The predicted molar refractivity (Wildman–Crippen MR) is 123 cm³/mol. The Hall–Kier alpha value is -2.76. The second kappa shape index (κ2) is 8.77. The quantitative estimate of drug-likeness (QED) is 0.521. The van der Waals surface area contributed by atoms with Gasteiger partial charge < -0.3 is 14.9 Å². The van der Waals surface area contributed by atoms with Crippen molar-refractivity contribution in [3.05, 3.63) is 45.2 Å². The fourth-order valence-electron chi connectivity index (χ4n) is 3.51. The van der Waals surface area contributed by atoms with Crippen molar-refractivity contribution in [3.8, 4) is 0 Å². The summed E-state index contributed by atoms with van der Waals surface area (Å²) in [5, 5.41) is 8.92. The molecule has 0 radical (unpaired) electrons. The summed E-state index contributed by atoms with van der Waals surface area (Å²) in [6.45, 7) is 3.11. The summed E-state index contributed by atoms with van der Waals surface area (Å²) in [6.07, 6.45) is 2.99. The number of hydrogen-bond donors (Lipinski definition) is 1. The Morgan fingerprint density at radius 3 is 2.71 bits per heavy atom. The predicted octanol–water partition coefficient (Wildman–Crippen LogP) is 1.12. The molecule has 9 nitrogen and oxygen atoms in total. The number of nitrogens with zero attached hydrogens (tertiary/aromatic N) is 5. The average Bonchev–Trinajstić information content (AvgIpc) is 3.01. The van der Waals surface area contributed by atoms with Crippen LogP contribution in [0.3, 0.4) is 0 Å². The summed E-state index contributed by atoms with van der Waals surface area (Å²) in [4.78, 5) is 47.6. The normalized spacial score (nSPS) is 19.1. The van der Waals surface area contributed by atoms with Gasteiger partial charge in [0.15, 0.2) is 0 Å². The third kappa shape index (κ3) is 4.34. The molecule has 0 bridgehead atoms. The fourth-order valence-corrected chi connectivity index (χ4v) is 4.80. The number of rotatable bonds is 5. The van der Waals surface area contributed by atoms with E-state index in [1.54, 1.807) is 24.4 Å². The Morgan fingerprint density at radius 1 is 1.26 bits per heavy atom. The van der Waals surface area contributed by atoms with Gasteiger partial charge in [0.25, 0.3) is 11.5 Å². The molecule has 2 aliphatic rings. The Balaban J connectivity index is 1.77. The molecule has 2 fully saturated rings. The van der Waals surface area contributed by atoms with Gasteiger partial charge in [-0.05, 0) is 25.3 Å². The molecule has 2 saturated heterocycles. The number of aliphatic carboxylic acids is 1. The van der Waals surface area contributed by atoms with Crippen LogP contribution in [0.25, 0.3) is 11.7 Å². The average molecular weight is 460 g/mol. The summed E-state index contributed by atoms with van der Waals surface area (Å²) in [5.74, 6) is -0.856. The van der Waals surface area contributed by atoms with E-state index in [4.69, 9.17) is 22.3 Å². The van der Waals surface area contributed by atoms with Gasteiger partial charge in [0.1, 0.15) is 15.8 Å². The SMILES string of the molecule is CN1CCN(c2nc3ccccn3c(=O)c2C=C2SC(=S)N(CCC(=O)O)C2=O)CC1. The Bertz CT molecular complexity index is 1150. The van der Waals surface area contributed by atoms with E-state index in [9.17, 15) is 14.4 Å². The molecule has 11 heteroatoms. The summed E-state index contributed by atoms with van der Waals surface area (Å²) in [6, 6.07) is 5.35. The van der Waals surface area contributed by atoms with E-state index in [-0.39, 0.29) is 22.8 Å². The molecule has 0 saturated carbocycles. The summed E-state index contributed by atoms with van der Waals surface area (Å²) in [7, 11) is 2.05. The van der Waals surface area contributed by atoms with Crippen molar-refractivity contribution >= 4 is 57.7 Å². The lowest BCUT2D eigenvalue weighted by atomic mass is 10.2. The molecule has 1 amide bonds. The van der Waals surface area contributed by atoms with E-state index >= 15 is 0 Å². The number of carbonyl (C=O) groups is 2. The molecule has 4 rings (SSSR count). The highest BCUT2D eigenvalue weighted by Gasteiger charge is 2.33. The van der Waals surface area contributed by atoms with Crippen LogP contribution in [0.15, 0.2) is 34.1 Å². The van der Waals surface area contributed by atoms with Crippen LogP contribution in [-0.4, -0.2) is 80.3 Å². The lowest BCUT2D eigenvalue weighted by Crippen LogP contribution is -2.45. The Kier molecular flexibility index (Phi) is 6.08. The van der Waals surface area contributed by atoms with Crippen molar-refractivity contribution in [1.29, 1.82) is 0 Å². The lowest BCUT2D eigenvalue weighted by Gasteiger charge is -2.34. The summed E-state index contributed by atoms with van der Waals surface area (Å²) in [5.41, 5.74) is 0.593. The van der Waals surface area contributed by atoms with Gasteiger partial charge in [0.05, 0.1) is 16.9 Å². The van der Waals surface area contributed by atoms with Gasteiger partial charge in [-0.15, -0.1) is 0 Å². The molecule has 0 aliphatic carbocycles. The zero-order valence-electron chi connectivity index (χ0n) is 16.9. The van der Waals surface area contributed by atoms with Gasteiger partial charge in [0.2, 0.25) is 0 Å². The number of thiocarbonyl (C=S) groups is 1. The molecule has 0 atom stereocenters. The number of fused-ring (bicyclic) bond motifs is 1. The number of piperazine rings is 1. The molecule has 0 spiro atoms. The number of thioether (sulfide) groups is 1. The van der Waals surface area contributed by atoms with Crippen molar-refractivity contribution in [1.82, 2.24) is 19.2 Å². The Labute approximate surface area is 187 Å². The molecule has 0 unspecified atom stereocenters. The van der Waals surface area contributed by atoms with Crippen LogP contribution in [-0.2, 0) is 9.59 Å². The van der Waals surface area contributed by atoms with Crippen molar-refractivity contribution in [3.63, 3.8) is 0 Å². The van der Waals surface area contributed by atoms with Gasteiger partial charge in [-0.3, -0.25) is 23.7 Å². The van der Waals surface area contributed by atoms with Crippen LogP contribution in [0, 0.1) is 0 Å². The zero-order valence-corrected chi connectivity index (χ0v) is 18.5. The highest BCUT2D eigenvalue weighted by Crippen LogP contribution is 2.33. The summed E-state index contributed by atoms with van der Waals surface area (Å²) >= 11 is 6.33. The smallest absolute Gasteiger partial charge is 0.305 e. The van der Waals surface area contributed by atoms with Gasteiger partial charge in [-0.2, -0.15) is 0 Å². The molecule has 4 heterocycles. The van der Waals surface area contributed by atoms with Gasteiger partial charge >= 0.3 is 5.97 Å². The minimum Gasteiger partial charge on any atom is -0.481 e. The van der Waals surface area contributed by atoms with E-state index in [1.165, 1.54) is 9.30 Å². The van der Waals surface area contributed by atoms with E-state index in [0.717, 1.165) is 24.9 Å². The maximum Gasteiger partial charge on any atom is 0.305 e. The molecule has 1 N–H and O–H groups in total. The standard InChI is InChI=1S/C20H21N5O4S2/c1-22-8-10-23(11-9-22)17-13(18(28)24-6-3-2-4-15(24)21-17)12-14-19(29)25(20(30)31-14)7-5-16(26)27/h2-4,6,12H,5,7-11H2,1H3,(H,26,27). The van der Waals surface area contributed by atoms with Gasteiger partial charge in [0, 0.05) is 38.9 Å². The maximum atomic E-state index is 13.3. The second-order valence-electron chi connectivity index (χ2n) is 7.35. The fraction of sp³-hybridized carbons (Fsp3) is 0.350. The van der Waals surface area contributed by atoms with E-state index in [2.05, 4.69) is 9.80 Å². The van der Waals surface area contributed by atoms with Crippen LogP contribution in [0.5, 0.6) is 0 Å². The molecular formula is C20H21N5O4S2. The minimum absolute atomic E-state index is 0.00237. The number of amides is 1. The lowest BCUT2D eigenvalue weighted by molar-refractivity contribution is -0.137. The first-order chi connectivity index (χ1) is 14.8. The van der Waals surface area contributed by atoms with Crippen LogP contribution in [0.2, 0.25) is 0 Å². The number of carboxylic acids is 1. The summed E-state index contributed by atoms with van der Waals surface area (Å²) < 4.78 is 1.74. The first-order valence-electron chi connectivity index (χ1n) is 9.77. The van der Waals surface area contributed by atoms with Gasteiger partial charge in [-0.1, -0.05) is 30.0 Å². The highest BCUT2D eigenvalue weighted by molar-refractivity contribution is 8.26. The second-order valence-corrected chi connectivity index (χ2v) is 9.03. The van der Waals surface area contributed by atoms with Crippen LogP contribution < -0.4 is 10.5 Å². The largest absolute Gasteiger partial charge is 0.481 e. The molecule has 2 aromatic heterocycles. The number of hydrogen-bond acceptors (Lipinski definition) is 8. The minimum atomic E-state index is -1.01. The molecular weight excluding hydrogens is 438 g/mol. The first-order valence-corrected chi connectivity index (χ1v) is 11.0. The number of likely N-dealkylation sites (N-methyl/N-ethyl adjacent to an activating group) is 1. The van der Waals surface area contributed by atoms with Crippen molar-refractivity contribution in [2.24, 2.45) is 0 Å². The third-order valence-electron chi connectivity index (χ3n) is 5.25. The van der Waals surface area contributed by atoms with Crippen LogP contribution >= 0.6 is 24.0 Å². The third-order valence-corrected chi connectivity index (χ3v) is 6.63. The van der Waals surface area contributed by atoms with Crippen molar-refractivity contribution < 1.29 is 14.7 Å². The van der Waals surface area contributed by atoms with Crippen LogP contribution in [0.1, 0.15) is 12.0 Å². The topological polar surface area (TPSA) is 98.5 Å². The molecule has 162 valence electrons. The first kappa shape index (κ1) is 21.5. The van der Waals surface area contributed by atoms with Crippen molar-refractivity contribution in [2.45, 2.75) is 6.42 Å². The van der Waals surface area contributed by atoms with E-state index in [1.807, 2.05) is 13.1 Å².